The van der Waals surface area contributed by atoms with E-state index in [0.29, 0.717) is 5.56 Å². The number of amides is 2. The minimum absolute atomic E-state index is 0.0657. The third-order valence-electron chi connectivity index (χ3n) is 4.09. The van der Waals surface area contributed by atoms with Crippen molar-refractivity contribution in [2.45, 2.75) is 45.4 Å². The fourth-order valence-corrected chi connectivity index (χ4v) is 2.59. The number of phenolic OH excluding ortho intramolecular Hbond substituents is 4. The van der Waals surface area contributed by atoms with Crippen LogP contribution in [-0.4, -0.2) is 44.1 Å². The average molecular weight is 433 g/mol. The molecule has 0 saturated heterocycles. The molecule has 0 spiro atoms. The van der Waals surface area contributed by atoms with Crippen LogP contribution in [0.15, 0.2) is 36.4 Å². The molecule has 0 aliphatic rings. The number of hydrazine groups is 1. The van der Waals surface area contributed by atoms with Gasteiger partial charge in [-0.15, -0.1) is 0 Å². The third kappa shape index (κ3) is 7.27. The van der Waals surface area contributed by atoms with Gasteiger partial charge >= 0.3 is 6.09 Å². The predicted molar refractivity (Wildman–Crippen MR) is 111 cm³/mol. The molecular weight excluding hydrogens is 406 g/mol. The van der Waals surface area contributed by atoms with Crippen LogP contribution in [-0.2, 0) is 22.5 Å². The molecule has 31 heavy (non-hydrogen) atoms. The Morgan fingerprint density at radius 1 is 0.968 bits per heavy atom. The molecule has 2 aromatic carbocycles. The maximum Gasteiger partial charge on any atom is 0.408 e. The van der Waals surface area contributed by atoms with Crippen molar-refractivity contribution in [1.82, 2.24) is 16.2 Å². The number of carbonyl (C=O) groups excluding carboxylic acids is 2. The highest BCUT2D eigenvalue weighted by molar-refractivity contribution is 5.85. The second-order valence-electron chi connectivity index (χ2n) is 7.85. The Morgan fingerprint density at radius 2 is 1.61 bits per heavy atom. The van der Waals surface area contributed by atoms with Crippen LogP contribution < -0.4 is 16.2 Å². The standard InChI is InChI=1S/C21H27N3O7/c1-21(2,3)31-20(30)23-15(10-12-4-7-14(25)8-5-12)19(29)24-22-11-13-6-9-16(26)18(28)17(13)27/h4-9,15,22,25-28H,10-11H2,1-3H3,(H,23,30)(H,24,29). The van der Waals surface area contributed by atoms with E-state index in [4.69, 9.17) is 4.74 Å². The lowest BCUT2D eigenvalue weighted by Gasteiger charge is -2.23. The van der Waals surface area contributed by atoms with Gasteiger partial charge in [-0.25, -0.2) is 10.2 Å². The van der Waals surface area contributed by atoms with Gasteiger partial charge < -0.3 is 30.5 Å². The topological polar surface area (TPSA) is 160 Å². The first-order valence-corrected chi connectivity index (χ1v) is 9.49. The van der Waals surface area contributed by atoms with Crippen LogP contribution in [0.25, 0.3) is 0 Å². The summed E-state index contributed by atoms with van der Waals surface area (Å²) in [6, 6.07) is 7.75. The van der Waals surface area contributed by atoms with E-state index in [-0.39, 0.29) is 24.3 Å². The molecule has 0 saturated carbocycles. The number of benzene rings is 2. The molecule has 0 radical (unpaired) electrons. The minimum Gasteiger partial charge on any atom is -0.508 e. The van der Waals surface area contributed by atoms with E-state index in [2.05, 4.69) is 16.2 Å². The lowest BCUT2D eigenvalue weighted by molar-refractivity contribution is -0.124. The SMILES string of the molecule is CC(C)(C)OC(=O)NC(Cc1ccc(O)cc1)C(=O)NNCc1ccc(O)c(O)c1O. The van der Waals surface area contributed by atoms with Crippen molar-refractivity contribution in [1.29, 1.82) is 0 Å². The highest BCUT2D eigenvalue weighted by Crippen LogP contribution is 2.36. The quantitative estimate of drug-likeness (QED) is 0.257. The van der Waals surface area contributed by atoms with Crippen molar-refractivity contribution in [3.05, 3.63) is 47.5 Å². The summed E-state index contributed by atoms with van der Waals surface area (Å²) in [5, 5.41) is 40.7. The van der Waals surface area contributed by atoms with Gasteiger partial charge in [-0.3, -0.25) is 10.2 Å². The minimum atomic E-state index is -1.01. The van der Waals surface area contributed by atoms with Gasteiger partial charge in [0, 0.05) is 18.5 Å². The van der Waals surface area contributed by atoms with Crippen LogP contribution in [0, 0.1) is 0 Å². The molecule has 1 unspecified atom stereocenters. The Bertz CT molecular complexity index is 924. The lowest BCUT2D eigenvalue weighted by atomic mass is 10.1. The first-order chi connectivity index (χ1) is 14.5. The number of phenols is 4. The Morgan fingerprint density at radius 3 is 2.23 bits per heavy atom. The van der Waals surface area contributed by atoms with Crippen molar-refractivity contribution in [2.24, 2.45) is 0 Å². The molecule has 2 rings (SSSR count). The van der Waals surface area contributed by atoms with Gasteiger partial charge in [-0.05, 0) is 44.5 Å². The summed E-state index contributed by atoms with van der Waals surface area (Å²) < 4.78 is 5.21. The second-order valence-corrected chi connectivity index (χ2v) is 7.85. The molecule has 2 aromatic rings. The summed E-state index contributed by atoms with van der Waals surface area (Å²) in [5.41, 5.74) is 5.20. The molecule has 2 amide bonds. The molecule has 0 bridgehead atoms. The number of hydrogen-bond acceptors (Lipinski definition) is 8. The fourth-order valence-electron chi connectivity index (χ4n) is 2.59. The van der Waals surface area contributed by atoms with E-state index in [0.717, 1.165) is 0 Å². The van der Waals surface area contributed by atoms with E-state index in [1.807, 2.05) is 0 Å². The van der Waals surface area contributed by atoms with Gasteiger partial charge in [0.25, 0.3) is 5.91 Å². The van der Waals surface area contributed by atoms with Gasteiger partial charge in [0.1, 0.15) is 17.4 Å². The Labute approximate surface area is 179 Å². The predicted octanol–water partition coefficient (Wildman–Crippen LogP) is 1.77. The second kappa shape index (κ2) is 9.90. The van der Waals surface area contributed by atoms with Crippen molar-refractivity contribution >= 4 is 12.0 Å². The monoisotopic (exact) mass is 433 g/mol. The summed E-state index contributed by atoms with van der Waals surface area (Å²) in [5.74, 6) is -2.16. The van der Waals surface area contributed by atoms with E-state index < -0.39 is 40.9 Å². The zero-order valence-corrected chi connectivity index (χ0v) is 17.5. The van der Waals surface area contributed by atoms with E-state index in [1.165, 1.54) is 24.3 Å². The molecule has 1 atom stereocenters. The first-order valence-electron chi connectivity index (χ1n) is 9.49. The summed E-state index contributed by atoms with van der Waals surface area (Å²) in [6.07, 6.45) is -0.648. The summed E-state index contributed by atoms with van der Waals surface area (Å²) in [7, 11) is 0. The molecule has 0 aliphatic carbocycles. The summed E-state index contributed by atoms with van der Waals surface area (Å²) in [4.78, 5) is 24.8. The third-order valence-corrected chi connectivity index (χ3v) is 4.09. The van der Waals surface area contributed by atoms with Gasteiger partial charge in [0.2, 0.25) is 5.75 Å². The highest BCUT2D eigenvalue weighted by Gasteiger charge is 2.25. The first kappa shape index (κ1) is 23.6. The van der Waals surface area contributed by atoms with Gasteiger partial charge in [0.05, 0.1) is 0 Å². The molecule has 10 nitrogen and oxygen atoms in total. The normalized spacial score (nSPS) is 12.1. The molecule has 10 heteroatoms. The van der Waals surface area contributed by atoms with E-state index in [9.17, 15) is 30.0 Å². The van der Waals surface area contributed by atoms with Crippen LogP contribution in [0.5, 0.6) is 23.0 Å². The highest BCUT2D eigenvalue weighted by atomic mass is 16.6. The number of alkyl carbamates (subject to hydrolysis) is 1. The van der Waals surface area contributed by atoms with Crippen LogP contribution in [0.1, 0.15) is 31.9 Å². The molecular formula is C21H27N3O7. The van der Waals surface area contributed by atoms with Crippen molar-refractivity contribution in [2.75, 3.05) is 0 Å². The maximum atomic E-state index is 12.7. The van der Waals surface area contributed by atoms with E-state index >= 15 is 0 Å². The van der Waals surface area contributed by atoms with Crippen LogP contribution in [0.4, 0.5) is 4.79 Å². The number of carbonyl (C=O) groups is 2. The van der Waals surface area contributed by atoms with Crippen LogP contribution in [0.3, 0.4) is 0 Å². The molecule has 0 heterocycles. The Kier molecular flexibility index (Phi) is 7.54. The molecule has 0 aliphatic heterocycles. The number of rotatable bonds is 7. The zero-order chi connectivity index (χ0) is 23.2. The van der Waals surface area contributed by atoms with E-state index in [1.54, 1.807) is 32.9 Å². The molecule has 0 fully saturated rings. The smallest absolute Gasteiger partial charge is 0.408 e. The zero-order valence-electron chi connectivity index (χ0n) is 17.5. The summed E-state index contributed by atoms with van der Waals surface area (Å²) >= 11 is 0. The van der Waals surface area contributed by atoms with Crippen LogP contribution in [0.2, 0.25) is 0 Å². The largest absolute Gasteiger partial charge is 0.508 e. The average Bonchev–Trinajstić information content (AvgIpc) is 2.67. The number of ether oxygens (including phenoxy) is 1. The molecule has 168 valence electrons. The molecule has 0 aromatic heterocycles. The van der Waals surface area contributed by atoms with Gasteiger partial charge in [-0.2, -0.15) is 0 Å². The lowest BCUT2D eigenvalue weighted by Crippen LogP contribution is -2.52. The van der Waals surface area contributed by atoms with Crippen molar-refractivity contribution < 1.29 is 34.8 Å². The van der Waals surface area contributed by atoms with Crippen molar-refractivity contribution in [3.63, 3.8) is 0 Å². The maximum absolute atomic E-state index is 12.7. The van der Waals surface area contributed by atoms with Crippen molar-refractivity contribution in [3.8, 4) is 23.0 Å². The van der Waals surface area contributed by atoms with Gasteiger partial charge in [0.15, 0.2) is 11.5 Å². The van der Waals surface area contributed by atoms with Gasteiger partial charge in [-0.1, -0.05) is 18.2 Å². The number of hydrogen-bond donors (Lipinski definition) is 7. The number of nitrogens with one attached hydrogen (secondary N) is 3. The summed E-state index contributed by atoms with van der Waals surface area (Å²) in [6.45, 7) is 5.03. The Hall–Kier alpha value is -3.66. The molecule has 7 N–H and O–H groups in total. The Balaban J connectivity index is 2.05. The fraction of sp³-hybridized carbons (Fsp3) is 0.333. The number of aromatic hydroxyl groups is 4. The van der Waals surface area contributed by atoms with Crippen LogP contribution >= 0.6 is 0 Å².